The van der Waals surface area contributed by atoms with Gasteiger partial charge in [0.15, 0.2) is 0 Å². The number of nitrogens with two attached hydrogens (primary N) is 1. The Morgan fingerprint density at radius 1 is 1.30 bits per heavy atom. The van der Waals surface area contributed by atoms with Gasteiger partial charge in [0.1, 0.15) is 0 Å². The van der Waals surface area contributed by atoms with Crippen LogP contribution in [0.25, 0.3) is 0 Å². The number of amides is 1. The van der Waals surface area contributed by atoms with Crippen LogP contribution in [0, 0.1) is 5.92 Å². The molecule has 0 fully saturated rings. The van der Waals surface area contributed by atoms with Crippen LogP contribution in [-0.2, 0) is 4.79 Å². The molecule has 0 aromatic rings. The zero-order valence-corrected chi connectivity index (χ0v) is 14.4. The molecule has 3 N–H and O–H groups in total. The zero-order valence-electron chi connectivity index (χ0n) is 13.6. The fourth-order valence-electron chi connectivity index (χ4n) is 2.20. The lowest BCUT2D eigenvalue weighted by Crippen LogP contribution is -2.49. The van der Waals surface area contributed by atoms with Crippen LogP contribution < -0.4 is 11.1 Å². The van der Waals surface area contributed by atoms with Crippen molar-refractivity contribution in [1.82, 2.24) is 10.2 Å². The summed E-state index contributed by atoms with van der Waals surface area (Å²) in [5.41, 5.74) is 5.57. The van der Waals surface area contributed by atoms with Crippen molar-refractivity contribution in [2.45, 2.75) is 66.0 Å². The van der Waals surface area contributed by atoms with E-state index in [9.17, 15) is 4.79 Å². The van der Waals surface area contributed by atoms with Crippen LogP contribution in [0.2, 0.25) is 0 Å². The van der Waals surface area contributed by atoms with Crippen LogP contribution in [0.1, 0.15) is 53.9 Å². The third-order valence-corrected chi connectivity index (χ3v) is 3.49. The third kappa shape index (κ3) is 8.48. The lowest BCUT2D eigenvalue weighted by atomic mass is 10.1. The number of hydrogen-bond donors (Lipinski definition) is 2. The Morgan fingerprint density at radius 2 is 1.90 bits per heavy atom. The molecule has 0 saturated heterocycles. The SMILES string of the molecule is CCCC(C)NC(=O)C(C)N(CCC(N)=S)CC(C)C. The molecule has 0 heterocycles. The molecule has 0 saturated carbocycles. The summed E-state index contributed by atoms with van der Waals surface area (Å²) in [6.45, 7) is 12.0. The summed E-state index contributed by atoms with van der Waals surface area (Å²) in [5, 5.41) is 3.08. The van der Waals surface area contributed by atoms with Gasteiger partial charge in [0.25, 0.3) is 0 Å². The number of rotatable bonds is 10. The number of carbonyl (C=O) groups excluding carboxylic acids is 1. The highest BCUT2D eigenvalue weighted by atomic mass is 32.1. The Labute approximate surface area is 129 Å². The number of thiocarbonyl (C=S) groups is 1. The molecule has 0 spiro atoms. The van der Waals surface area contributed by atoms with Crippen LogP contribution in [0.4, 0.5) is 0 Å². The topological polar surface area (TPSA) is 58.4 Å². The molecule has 0 aliphatic carbocycles. The summed E-state index contributed by atoms with van der Waals surface area (Å²) in [5.74, 6) is 0.596. The standard InChI is InChI=1S/C15H31N3OS/c1-6-7-12(4)17-15(19)13(5)18(10-11(2)3)9-8-14(16)20/h11-13H,6-10H2,1-5H3,(H2,16,20)(H,17,19). The normalized spacial score (nSPS) is 14.3. The van der Waals surface area contributed by atoms with Gasteiger partial charge in [-0.25, -0.2) is 0 Å². The highest BCUT2D eigenvalue weighted by molar-refractivity contribution is 7.80. The van der Waals surface area contributed by atoms with E-state index >= 15 is 0 Å². The van der Waals surface area contributed by atoms with Crippen LogP contribution in [-0.4, -0.2) is 41.0 Å². The molecule has 0 radical (unpaired) electrons. The molecule has 0 aromatic carbocycles. The minimum absolute atomic E-state index is 0.0922. The Bertz CT molecular complexity index is 307. The van der Waals surface area contributed by atoms with Crippen molar-refractivity contribution < 1.29 is 4.79 Å². The van der Waals surface area contributed by atoms with E-state index in [-0.39, 0.29) is 18.0 Å². The number of hydrogen-bond acceptors (Lipinski definition) is 3. The van der Waals surface area contributed by atoms with E-state index in [1.54, 1.807) is 0 Å². The summed E-state index contributed by atoms with van der Waals surface area (Å²) >= 11 is 4.93. The van der Waals surface area contributed by atoms with Crippen molar-refractivity contribution in [1.29, 1.82) is 0 Å². The van der Waals surface area contributed by atoms with E-state index in [0.29, 0.717) is 17.3 Å². The number of carbonyl (C=O) groups is 1. The molecule has 0 aliphatic heterocycles. The molecule has 4 nitrogen and oxygen atoms in total. The molecular weight excluding hydrogens is 270 g/mol. The van der Waals surface area contributed by atoms with E-state index in [1.165, 1.54) is 0 Å². The average Bonchev–Trinajstić information content (AvgIpc) is 2.33. The van der Waals surface area contributed by atoms with Gasteiger partial charge in [-0.05, 0) is 26.2 Å². The van der Waals surface area contributed by atoms with Gasteiger partial charge in [-0.1, -0.05) is 39.4 Å². The highest BCUT2D eigenvalue weighted by Crippen LogP contribution is 2.07. The second-order valence-electron chi connectivity index (χ2n) is 5.98. The average molecular weight is 302 g/mol. The van der Waals surface area contributed by atoms with Gasteiger partial charge < -0.3 is 11.1 Å². The fourth-order valence-corrected chi connectivity index (χ4v) is 2.29. The van der Waals surface area contributed by atoms with Gasteiger partial charge in [-0.3, -0.25) is 9.69 Å². The molecule has 1 amide bonds. The predicted octanol–water partition coefficient (Wildman–Crippen LogP) is 2.31. The van der Waals surface area contributed by atoms with Crippen molar-refractivity contribution in [2.75, 3.05) is 13.1 Å². The molecule has 5 heteroatoms. The van der Waals surface area contributed by atoms with Crippen molar-refractivity contribution in [3.63, 3.8) is 0 Å². The molecule has 20 heavy (non-hydrogen) atoms. The minimum atomic E-state index is -0.147. The first-order valence-corrected chi connectivity index (χ1v) is 8.01. The van der Waals surface area contributed by atoms with Gasteiger partial charge in [-0.15, -0.1) is 0 Å². The van der Waals surface area contributed by atoms with Crippen molar-refractivity contribution in [3.8, 4) is 0 Å². The van der Waals surface area contributed by atoms with E-state index in [1.807, 2.05) is 6.92 Å². The second-order valence-corrected chi connectivity index (χ2v) is 6.50. The zero-order chi connectivity index (χ0) is 15.7. The van der Waals surface area contributed by atoms with Crippen molar-refractivity contribution in [2.24, 2.45) is 11.7 Å². The number of nitrogens with one attached hydrogen (secondary N) is 1. The Balaban J connectivity index is 4.53. The molecule has 0 rings (SSSR count). The lowest BCUT2D eigenvalue weighted by molar-refractivity contribution is -0.126. The molecule has 0 aliphatic rings. The smallest absolute Gasteiger partial charge is 0.237 e. The van der Waals surface area contributed by atoms with E-state index in [2.05, 4.69) is 37.9 Å². The number of nitrogens with zero attached hydrogens (tertiary/aromatic N) is 1. The monoisotopic (exact) mass is 301 g/mol. The van der Waals surface area contributed by atoms with E-state index in [0.717, 1.165) is 25.9 Å². The molecule has 0 aromatic heterocycles. The highest BCUT2D eigenvalue weighted by Gasteiger charge is 2.22. The molecular formula is C15H31N3OS. The first-order valence-electron chi connectivity index (χ1n) is 7.60. The van der Waals surface area contributed by atoms with Crippen LogP contribution in [0.3, 0.4) is 0 Å². The van der Waals surface area contributed by atoms with Gasteiger partial charge in [0, 0.05) is 25.6 Å². The maximum atomic E-state index is 12.3. The first kappa shape index (κ1) is 19.3. The van der Waals surface area contributed by atoms with Crippen molar-refractivity contribution >= 4 is 23.1 Å². The maximum Gasteiger partial charge on any atom is 0.237 e. The summed E-state index contributed by atoms with van der Waals surface area (Å²) in [7, 11) is 0. The molecule has 2 unspecified atom stereocenters. The van der Waals surface area contributed by atoms with Crippen LogP contribution in [0.5, 0.6) is 0 Å². The van der Waals surface area contributed by atoms with Crippen LogP contribution >= 0.6 is 12.2 Å². The summed E-state index contributed by atoms with van der Waals surface area (Å²) in [6, 6.07) is 0.0810. The van der Waals surface area contributed by atoms with Gasteiger partial charge >= 0.3 is 0 Å². The molecule has 0 bridgehead atoms. The Morgan fingerprint density at radius 3 is 2.35 bits per heavy atom. The predicted molar refractivity (Wildman–Crippen MR) is 89.8 cm³/mol. The molecule has 2 atom stereocenters. The third-order valence-electron chi connectivity index (χ3n) is 3.28. The maximum absolute atomic E-state index is 12.3. The van der Waals surface area contributed by atoms with Gasteiger partial charge in [0.2, 0.25) is 5.91 Å². The summed E-state index contributed by atoms with van der Waals surface area (Å²) in [6.07, 6.45) is 2.74. The Kier molecular flexibility index (Phi) is 9.76. The second kappa shape index (κ2) is 10.1. The summed E-state index contributed by atoms with van der Waals surface area (Å²) in [4.78, 5) is 14.9. The fraction of sp³-hybridized carbons (Fsp3) is 0.867. The van der Waals surface area contributed by atoms with E-state index < -0.39 is 0 Å². The van der Waals surface area contributed by atoms with Crippen LogP contribution in [0.15, 0.2) is 0 Å². The Hall–Kier alpha value is -0.680. The molecule has 118 valence electrons. The van der Waals surface area contributed by atoms with Crippen molar-refractivity contribution in [3.05, 3.63) is 0 Å². The quantitative estimate of drug-likeness (QED) is 0.608. The minimum Gasteiger partial charge on any atom is -0.393 e. The summed E-state index contributed by atoms with van der Waals surface area (Å²) < 4.78 is 0. The van der Waals surface area contributed by atoms with Gasteiger partial charge in [-0.2, -0.15) is 0 Å². The first-order chi connectivity index (χ1) is 9.27. The van der Waals surface area contributed by atoms with Gasteiger partial charge in [0.05, 0.1) is 11.0 Å². The lowest BCUT2D eigenvalue weighted by Gasteiger charge is -2.30. The largest absolute Gasteiger partial charge is 0.393 e. The van der Waals surface area contributed by atoms with E-state index in [4.69, 9.17) is 18.0 Å².